The molecular weight excluding hydrogens is 204 g/mol. The van der Waals surface area contributed by atoms with Crippen LogP contribution in [0.4, 0.5) is 0 Å². The van der Waals surface area contributed by atoms with Crippen LogP contribution in [0.15, 0.2) is 0 Å². The Morgan fingerprint density at radius 2 is 2.31 bits per heavy atom. The van der Waals surface area contributed by atoms with Crippen LogP contribution in [0.3, 0.4) is 0 Å². The molecule has 1 saturated heterocycles. The van der Waals surface area contributed by atoms with Gasteiger partial charge in [-0.3, -0.25) is 4.79 Å². The summed E-state index contributed by atoms with van der Waals surface area (Å²) in [7, 11) is 3.50. The third-order valence-corrected chi connectivity index (χ3v) is 3.38. The maximum absolute atomic E-state index is 11.9. The van der Waals surface area contributed by atoms with E-state index in [0.29, 0.717) is 31.5 Å². The summed E-state index contributed by atoms with van der Waals surface area (Å²) in [5.41, 5.74) is 0. The summed E-state index contributed by atoms with van der Waals surface area (Å²) in [5.74, 6) is 0.817. The van der Waals surface area contributed by atoms with E-state index >= 15 is 0 Å². The summed E-state index contributed by atoms with van der Waals surface area (Å²) in [5, 5.41) is 3.43. The van der Waals surface area contributed by atoms with Gasteiger partial charge in [0.25, 0.3) is 0 Å². The molecule has 0 aliphatic carbocycles. The van der Waals surface area contributed by atoms with Crippen molar-refractivity contribution in [2.75, 3.05) is 33.9 Å². The number of carbonyl (C=O) groups is 1. The lowest BCUT2D eigenvalue weighted by Crippen LogP contribution is -2.44. The molecule has 1 fully saturated rings. The third kappa shape index (κ3) is 4.10. The molecule has 1 aliphatic heterocycles. The highest BCUT2D eigenvalue weighted by Gasteiger charge is 2.24. The van der Waals surface area contributed by atoms with Gasteiger partial charge in [-0.15, -0.1) is 0 Å². The second-order valence-corrected chi connectivity index (χ2v) is 4.69. The number of nitrogens with one attached hydrogen (secondary N) is 1. The summed E-state index contributed by atoms with van der Waals surface area (Å²) in [6.07, 6.45) is 3.07. The summed E-state index contributed by atoms with van der Waals surface area (Å²) in [4.78, 5) is 13.6. The molecule has 1 heterocycles. The minimum absolute atomic E-state index is 0.211. The minimum atomic E-state index is 0.211. The highest BCUT2D eigenvalue weighted by molar-refractivity contribution is 5.76. The van der Waals surface area contributed by atoms with Crippen molar-refractivity contribution < 1.29 is 9.53 Å². The van der Waals surface area contributed by atoms with Gasteiger partial charge in [0.2, 0.25) is 5.91 Å². The van der Waals surface area contributed by atoms with Crippen molar-refractivity contribution in [2.24, 2.45) is 5.92 Å². The molecule has 1 aliphatic rings. The number of carbonyl (C=O) groups excluding carboxylic acids is 1. The maximum atomic E-state index is 11.9. The van der Waals surface area contributed by atoms with Gasteiger partial charge in [-0.2, -0.15) is 0 Å². The average Bonchev–Trinajstić information content (AvgIpc) is 2.28. The van der Waals surface area contributed by atoms with E-state index in [2.05, 4.69) is 12.2 Å². The number of nitrogens with zero attached hydrogens (tertiary/aromatic N) is 1. The Morgan fingerprint density at radius 1 is 1.56 bits per heavy atom. The van der Waals surface area contributed by atoms with Crippen LogP contribution in [-0.2, 0) is 9.53 Å². The fourth-order valence-corrected chi connectivity index (χ4v) is 2.08. The Morgan fingerprint density at radius 3 is 2.94 bits per heavy atom. The van der Waals surface area contributed by atoms with Gasteiger partial charge in [0.05, 0.1) is 6.61 Å². The lowest BCUT2D eigenvalue weighted by Gasteiger charge is -2.31. The van der Waals surface area contributed by atoms with Crippen LogP contribution < -0.4 is 5.32 Å². The van der Waals surface area contributed by atoms with Gasteiger partial charge in [-0.25, -0.2) is 0 Å². The van der Waals surface area contributed by atoms with E-state index in [1.54, 1.807) is 12.0 Å². The van der Waals surface area contributed by atoms with Gasteiger partial charge in [-0.05, 0) is 25.3 Å². The van der Waals surface area contributed by atoms with E-state index in [1.165, 1.54) is 12.8 Å². The molecule has 16 heavy (non-hydrogen) atoms. The van der Waals surface area contributed by atoms with Crippen LogP contribution in [-0.4, -0.2) is 50.7 Å². The number of hydrogen-bond donors (Lipinski definition) is 1. The van der Waals surface area contributed by atoms with Crippen LogP contribution in [0, 0.1) is 5.92 Å². The highest BCUT2D eigenvalue weighted by Crippen LogP contribution is 2.18. The Labute approximate surface area is 98.3 Å². The zero-order chi connectivity index (χ0) is 12.0. The first-order valence-electron chi connectivity index (χ1n) is 6.11. The second-order valence-electron chi connectivity index (χ2n) is 4.69. The van der Waals surface area contributed by atoms with Crippen LogP contribution in [0.5, 0.6) is 0 Å². The quantitative estimate of drug-likeness (QED) is 0.759. The number of hydrogen-bond acceptors (Lipinski definition) is 3. The Bertz CT molecular complexity index is 221. The van der Waals surface area contributed by atoms with Crippen molar-refractivity contribution in [1.82, 2.24) is 10.2 Å². The standard InChI is InChI=1S/C12H24N2O2/c1-10-5-4-6-13-11(10)9-12(15)14(2)7-8-16-3/h10-11,13H,4-9H2,1-3H3. The molecule has 0 saturated carbocycles. The van der Waals surface area contributed by atoms with E-state index in [4.69, 9.17) is 4.74 Å². The van der Waals surface area contributed by atoms with Crippen molar-refractivity contribution in [2.45, 2.75) is 32.2 Å². The first-order valence-corrected chi connectivity index (χ1v) is 6.11. The van der Waals surface area contributed by atoms with E-state index in [0.717, 1.165) is 6.54 Å². The molecule has 2 unspecified atom stereocenters. The van der Waals surface area contributed by atoms with Crippen molar-refractivity contribution in [3.05, 3.63) is 0 Å². The van der Waals surface area contributed by atoms with Crippen molar-refractivity contribution in [3.63, 3.8) is 0 Å². The number of likely N-dealkylation sites (N-methyl/N-ethyl adjacent to an activating group) is 1. The fourth-order valence-electron chi connectivity index (χ4n) is 2.08. The summed E-state index contributed by atoms with van der Waals surface area (Å²) < 4.78 is 4.96. The van der Waals surface area contributed by atoms with Gasteiger partial charge in [0.1, 0.15) is 0 Å². The number of piperidine rings is 1. The van der Waals surface area contributed by atoms with Crippen molar-refractivity contribution in [3.8, 4) is 0 Å². The van der Waals surface area contributed by atoms with Crippen molar-refractivity contribution in [1.29, 1.82) is 0 Å². The van der Waals surface area contributed by atoms with Gasteiger partial charge in [0.15, 0.2) is 0 Å². The molecule has 4 heteroatoms. The second kappa shape index (κ2) is 6.86. The van der Waals surface area contributed by atoms with Crippen LogP contribution >= 0.6 is 0 Å². The predicted octanol–water partition coefficient (Wildman–Crippen LogP) is 0.869. The zero-order valence-corrected chi connectivity index (χ0v) is 10.7. The Hall–Kier alpha value is -0.610. The Kier molecular flexibility index (Phi) is 5.77. The van der Waals surface area contributed by atoms with Crippen LogP contribution in [0.2, 0.25) is 0 Å². The normalized spacial score (nSPS) is 25.4. The van der Waals surface area contributed by atoms with Crippen LogP contribution in [0.25, 0.3) is 0 Å². The molecule has 1 N–H and O–H groups in total. The average molecular weight is 228 g/mol. The van der Waals surface area contributed by atoms with Gasteiger partial charge in [0, 0.05) is 33.2 Å². The monoisotopic (exact) mass is 228 g/mol. The van der Waals surface area contributed by atoms with Gasteiger partial charge in [-0.1, -0.05) is 6.92 Å². The molecule has 94 valence electrons. The first kappa shape index (κ1) is 13.5. The number of rotatable bonds is 5. The molecule has 2 atom stereocenters. The largest absolute Gasteiger partial charge is 0.383 e. The maximum Gasteiger partial charge on any atom is 0.223 e. The molecule has 0 spiro atoms. The first-order chi connectivity index (χ1) is 7.65. The lowest BCUT2D eigenvalue weighted by molar-refractivity contribution is -0.131. The number of amides is 1. The van der Waals surface area contributed by atoms with E-state index in [-0.39, 0.29) is 5.91 Å². The SMILES string of the molecule is COCCN(C)C(=O)CC1NCCCC1C. The third-order valence-electron chi connectivity index (χ3n) is 3.38. The van der Waals surface area contributed by atoms with E-state index < -0.39 is 0 Å². The molecule has 1 amide bonds. The summed E-state index contributed by atoms with van der Waals surface area (Å²) >= 11 is 0. The van der Waals surface area contributed by atoms with Crippen LogP contribution in [0.1, 0.15) is 26.2 Å². The molecule has 0 radical (unpaired) electrons. The molecule has 4 nitrogen and oxygen atoms in total. The lowest BCUT2D eigenvalue weighted by atomic mass is 9.90. The summed E-state index contributed by atoms with van der Waals surface area (Å²) in [6, 6.07) is 0.353. The predicted molar refractivity (Wildman–Crippen MR) is 64.3 cm³/mol. The van der Waals surface area contributed by atoms with Gasteiger partial charge < -0.3 is 15.0 Å². The van der Waals surface area contributed by atoms with E-state index in [1.807, 2.05) is 7.05 Å². The topological polar surface area (TPSA) is 41.6 Å². The molecule has 0 aromatic rings. The molecular formula is C12H24N2O2. The highest BCUT2D eigenvalue weighted by atomic mass is 16.5. The molecule has 0 aromatic carbocycles. The zero-order valence-electron chi connectivity index (χ0n) is 10.7. The number of ether oxygens (including phenoxy) is 1. The van der Waals surface area contributed by atoms with Crippen molar-refractivity contribution >= 4 is 5.91 Å². The molecule has 0 aromatic heterocycles. The van der Waals surface area contributed by atoms with E-state index in [9.17, 15) is 4.79 Å². The minimum Gasteiger partial charge on any atom is -0.383 e. The Balaban J connectivity index is 2.31. The number of methoxy groups -OCH3 is 1. The molecule has 1 rings (SSSR count). The van der Waals surface area contributed by atoms with Gasteiger partial charge >= 0.3 is 0 Å². The summed E-state index contributed by atoms with van der Waals surface area (Å²) in [6.45, 7) is 4.55. The smallest absolute Gasteiger partial charge is 0.223 e. The molecule has 0 bridgehead atoms. The fraction of sp³-hybridized carbons (Fsp3) is 0.917.